The van der Waals surface area contributed by atoms with Crippen LogP contribution in [0.4, 0.5) is 0 Å². The van der Waals surface area contributed by atoms with E-state index >= 15 is 0 Å². The van der Waals surface area contributed by atoms with Crippen LogP contribution in [0.15, 0.2) is 18.2 Å². The van der Waals surface area contributed by atoms with E-state index in [-0.39, 0.29) is 18.2 Å². The van der Waals surface area contributed by atoms with Crippen molar-refractivity contribution in [3.05, 3.63) is 34.9 Å². The average Bonchev–Trinajstić information content (AvgIpc) is 2.98. The van der Waals surface area contributed by atoms with Crippen molar-refractivity contribution in [1.82, 2.24) is 15.5 Å². The molecule has 0 saturated carbocycles. The van der Waals surface area contributed by atoms with E-state index in [2.05, 4.69) is 22.5 Å². The Kier molecular flexibility index (Phi) is 6.22. The number of likely N-dealkylation sites (N-methyl/N-ethyl adjacent to an activating group) is 1. The van der Waals surface area contributed by atoms with Crippen molar-refractivity contribution in [1.29, 1.82) is 0 Å². The van der Waals surface area contributed by atoms with Crippen LogP contribution in [0.5, 0.6) is 0 Å². The van der Waals surface area contributed by atoms with Crippen LogP contribution in [0.3, 0.4) is 0 Å². The van der Waals surface area contributed by atoms with Gasteiger partial charge in [-0.25, -0.2) is 0 Å². The molecular weight excluding hydrogens is 346 g/mol. The largest absolute Gasteiger partial charge is 0.379 e. The van der Waals surface area contributed by atoms with E-state index in [4.69, 9.17) is 4.74 Å². The summed E-state index contributed by atoms with van der Waals surface area (Å²) in [6.07, 6.45) is 1.21. The molecule has 1 unspecified atom stereocenters. The van der Waals surface area contributed by atoms with Gasteiger partial charge in [0.05, 0.1) is 13.2 Å². The molecule has 27 heavy (non-hydrogen) atoms. The third kappa shape index (κ3) is 4.35. The Labute approximate surface area is 158 Å². The number of carbonyl (C=O) groups excluding carboxylic acids is 3. The van der Waals surface area contributed by atoms with Gasteiger partial charge < -0.3 is 15.0 Å². The van der Waals surface area contributed by atoms with Gasteiger partial charge in [0, 0.05) is 37.1 Å². The van der Waals surface area contributed by atoms with Crippen LogP contribution in [0, 0.1) is 11.8 Å². The van der Waals surface area contributed by atoms with Gasteiger partial charge >= 0.3 is 0 Å². The molecular formula is C20H23N3O4. The Morgan fingerprint density at radius 3 is 2.93 bits per heavy atom. The second-order valence-electron chi connectivity index (χ2n) is 6.50. The quantitative estimate of drug-likeness (QED) is 0.431. The number of amides is 3. The highest BCUT2D eigenvalue weighted by Gasteiger charge is 2.39. The summed E-state index contributed by atoms with van der Waals surface area (Å²) in [5, 5.41) is 5.32. The average molecular weight is 369 g/mol. The summed E-state index contributed by atoms with van der Waals surface area (Å²) >= 11 is 0. The Bertz CT molecular complexity index is 809. The Morgan fingerprint density at radius 2 is 2.15 bits per heavy atom. The van der Waals surface area contributed by atoms with Crippen molar-refractivity contribution in [2.24, 2.45) is 0 Å². The number of nitrogens with zero attached hydrogens (tertiary/aromatic N) is 1. The Balaban J connectivity index is 1.67. The van der Waals surface area contributed by atoms with Crippen LogP contribution in [0.2, 0.25) is 0 Å². The summed E-state index contributed by atoms with van der Waals surface area (Å²) in [4.78, 5) is 37.7. The fraction of sp³-hybridized carbons (Fsp3) is 0.450. The zero-order valence-corrected chi connectivity index (χ0v) is 15.3. The van der Waals surface area contributed by atoms with Gasteiger partial charge in [0.15, 0.2) is 0 Å². The first-order valence-corrected chi connectivity index (χ1v) is 9.09. The predicted octanol–water partition coefficient (Wildman–Crippen LogP) is 0.425. The zero-order chi connectivity index (χ0) is 19.2. The van der Waals surface area contributed by atoms with Crippen molar-refractivity contribution < 1.29 is 19.1 Å². The van der Waals surface area contributed by atoms with E-state index in [1.807, 2.05) is 13.1 Å². The molecule has 3 rings (SSSR count). The molecule has 0 radical (unpaired) electrons. The van der Waals surface area contributed by atoms with Crippen molar-refractivity contribution >= 4 is 17.7 Å². The summed E-state index contributed by atoms with van der Waals surface area (Å²) in [6, 6.07) is 4.84. The van der Waals surface area contributed by atoms with E-state index in [1.165, 1.54) is 0 Å². The van der Waals surface area contributed by atoms with E-state index in [0.717, 1.165) is 17.7 Å². The van der Waals surface area contributed by atoms with Crippen LogP contribution in [-0.4, -0.2) is 55.5 Å². The summed E-state index contributed by atoms with van der Waals surface area (Å²) in [5.74, 6) is 5.33. The van der Waals surface area contributed by atoms with Gasteiger partial charge in [0.2, 0.25) is 11.8 Å². The topological polar surface area (TPSA) is 87.7 Å². The van der Waals surface area contributed by atoms with E-state index in [0.29, 0.717) is 38.2 Å². The molecule has 3 amide bonds. The molecule has 7 heteroatoms. The van der Waals surface area contributed by atoms with Gasteiger partial charge in [0.1, 0.15) is 6.04 Å². The lowest BCUT2D eigenvalue weighted by Crippen LogP contribution is -2.52. The first-order chi connectivity index (χ1) is 13.1. The zero-order valence-electron chi connectivity index (χ0n) is 15.3. The number of hydrogen-bond acceptors (Lipinski definition) is 5. The van der Waals surface area contributed by atoms with Gasteiger partial charge in [-0.3, -0.25) is 19.7 Å². The number of carbonyl (C=O) groups is 3. The number of rotatable bonds is 6. The predicted molar refractivity (Wildman–Crippen MR) is 98.7 cm³/mol. The van der Waals surface area contributed by atoms with Crippen molar-refractivity contribution in [3.8, 4) is 11.8 Å². The van der Waals surface area contributed by atoms with Gasteiger partial charge in [-0.1, -0.05) is 17.9 Å². The number of imide groups is 1. The van der Waals surface area contributed by atoms with Gasteiger partial charge in [-0.2, -0.15) is 0 Å². The first kappa shape index (κ1) is 19.1. The molecule has 1 saturated heterocycles. The lowest BCUT2D eigenvalue weighted by molar-refractivity contribution is -0.136. The summed E-state index contributed by atoms with van der Waals surface area (Å²) in [5.41, 5.74) is 2.22. The Hall–Kier alpha value is -2.69. The molecule has 0 aliphatic carbocycles. The van der Waals surface area contributed by atoms with Crippen LogP contribution in [0.1, 0.15) is 40.7 Å². The van der Waals surface area contributed by atoms with Crippen LogP contribution < -0.4 is 10.6 Å². The molecule has 2 aliphatic rings. The second kappa shape index (κ2) is 8.80. The summed E-state index contributed by atoms with van der Waals surface area (Å²) in [7, 11) is 1.87. The van der Waals surface area contributed by atoms with Crippen LogP contribution >= 0.6 is 0 Å². The lowest BCUT2D eigenvalue weighted by Gasteiger charge is -2.29. The highest BCUT2D eigenvalue weighted by atomic mass is 16.5. The third-order valence-electron chi connectivity index (χ3n) is 4.67. The van der Waals surface area contributed by atoms with Gasteiger partial charge in [-0.15, -0.1) is 0 Å². The number of ether oxygens (including phenoxy) is 1. The monoisotopic (exact) mass is 369 g/mol. The minimum atomic E-state index is -0.607. The van der Waals surface area contributed by atoms with E-state index < -0.39 is 11.9 Å². The smallest absolute Gasteiger partial charge is 0.255 e. The van der Waals surface area contributed by atoms with Gasteiger partial charge in [0.25, 0.3) is 5.91 Å². The maximum Gasteiger partial charge on any atom is 0.255 e. The molecule has 1 aromatic carbocycles. The van der Waals surface area contributed by atoms with Crippen molar-refractivity contribution in [3.63, 3.8) is 0 Å². The maximum atomic E-state index is 12.7. The second-order valence-corrected chi connectivity index (χ2v) is 6.50. The molecule has 2 heterocycles. The van der Waals surface area contributed by atoms with Crippen LogP contribution in [0.25, 0.3) is 0 Å². The first-order valence-electron chi connectivity index (χ1n) is 9.09. The number of fused-ring (bicyclic) bond motifs is 1. The highest BCUT2D eigenvalue weighted by molar-refractivity contribution is 6.05. The molecule has 1 atom stereocenters. The maximum absolute atomic E-state index is 12.7. The lowest BCUT2D eigenvalue weighted by atomic mass is 10.0. The fourth-order valence-electron chi connectivity index (χ4n) is 3.26. The normalized spacial score (nSPS) is 18.8. The molecule has 2 aliphatic heterocycles. The van der Waals surface area contributed by atoms with E-state index in [1.54, 1.807) is 17.0 Å². The third-order valence-corrected chi connectivity index (χ3v) is 4.67. The molecule has 0 aromatic heterocycles. The minimum Gasteiger partial charge on any atom is -0.379 e. The van der Waals surface area contributed by atoms with Crippen LogP contribution in [-0.2, 0) is 20.9 Å². The number of hydrogen-bond donors (Lipinski definition) is 2. The fourth-order valence-corrected chi connectivity index (χ4v) is 3.26. The Morgan fingerprint density at radius 1 is 1.30 bits per heavy atom. The molecule has 1 fully saturated rings. The van der Waals surface area contributed by atoms with Gasteiger partial charge in [-0.05, 0) is 31.2 Å². The molecule has 2 N–H and O–H groups in total. The molecule has 1 aromatic rings. The SMILES string of the molecule is CNCCOCCC#Cc1cccc2c1CN(C1CCC(=O)NC1=O)C2=O. The number of nitrogens with one attached hydrogen (secondary N) is 2. The number of piperidine rings is 1. The molecule has 0 spiro atoms. The van der Waals surface area contributed by atoms with E-state index in [9.17, 15) is 14.4 Å². The molecule has 0 bridgehead atoms. The van der Waals surface area contributed by atoms with Crippen molar-refractivity contribution in [2.75, 3.05) is 26.8 Å². The standard InChI is InChI=1S/C20H23N3O4/c1-21-10-12-27-11-3-2-5-14-6-4-7-15-16(14)13-23(20(15)26)17-8-9-18(24)22-19(17)25/h4,6-7,17,21H,3,8-13H2,1H3,(H,22,24,25). The summed E-state index contributed by atoms with van der Waals surface area (Å²) < 4.78 is 5.44. The highest BCUT2D eigenvalue weighted by Crippen LogP contribution is 2.29. The minimum absolute atomic E-state index is 0.182. The molecule has 142 valence electrons. The van der Waals surface area contributed by atoms with Crippen molar-refractivity contribution in [2.45, 2.75) is 31.8 Å². The molecule has 7 nitrogen and oxygen atoms in total. The number of benzene rings is 1. The summed E-state index contributed by atoms with van der Waals surface area (Å²) in [6.45, 7) is 2.35.